The van der Waals surface area contributed by atoms with Crippen LogP contribution in [0.15, 0.2) is 47.4 Å². The maximum Gasteiger partial charge on any atom is 0.248 e. The second-order valence-electron chi connectivity index (χ2n) is 8.15. The quantitative estimate of drug-likeness (QED) is 0.597. The van der Waals surface area contributed by atoms with E-state index in [4.69, 9.17) is 5.73 Å². The minimum atomic E-state index is -3.27. The standard InChI is InChI=1S/C23H30N2O4S/c1-4-30(28,29)19-8-5-16(6-9-19)21(11-12-26)23(15(2)3)20-10-7-17(22(24)27)13-18(20)14-25-23/h5-10,13,15,21,25-26H,4,11-12,14H2,1-3H3,(H2,24,27)/t21-,23?/m0/s1. The predicted molar refractivity (Wildman–Crippen MR) is 117 cm³/mol. The van der Waals surface area contributed by atoms with Crippen LogP contribution in [0.1, 0.15) is 60.2 Å². The minimum absolute atomic E-state index is 0.00449. The van der Waals surface area contributed by atoms with Gasteiger partial charge in [0.1, 0.15) is 0 Å². The molecule has 0 aromatic heterocycles. The summed E-state index contributed by atoms with van der Waals surface area (Å²) in [4.78, 5) is 11.9. The fraction of sp³-hybridized carbons (Fsp3) is 0.435. The summed E-state index contributed by atoms with van der Waals surface area (Å²) in [5.41, 5.74) is 8.54. The van der Waals surface area contributed by atoms with Gasteiger partial charge in [-0.2, -0.15) is 0 Å². The van der Waals surface area contributed by atoms with Crippen molar-refractivity contribution in [2.45, 2.75) is 50.1 Å². The lowest BCUT2D eigenvalue weighted by atomic mass is 9.67. The molecule has 0 radical (unpaired) electrons. The van der Waals surface area contributed by atoms with Crippen molar-refractivity contribution in [1.82, 2.24) is 5.32 Å². The number of carbonyl (C=O) groups is 1. The Bertz CT molecular complexity index is 1030. The number of hydrogen-bond donors (Lipinski definition) is 3. The Hall–Kier alpha value is -2.22. The van der Waals surface area contributed by atoms with E-state index in [-0.39, 0.29) is 24.2 Å². The normalized spacial score (nSPS) is 19.6. The highest BCUT2D eigenvalue weighted by atomic mass is 32.2. The number of primary amides is 1. The smallest absolute Gasteiger partial charge is 0.248 e. The molecule has 3 rings (SSSR count). The topological polar surface area (TPSA) is 109 Å². The van der Waals surface area contributed by atoms with Gasteiger partial charge in [-0.25, -0.2) is 8.42 Å². The third-order valence-corrected chi connectivity index (χ3v) is 8.06. The van der Waals surface area contributed by atoms with Crippen LogP contribution >= 0.6 is 0 Å². The molecule has 6 nitrogen and oxygen atoms in total. The minimum Gasteiger partial charge on any atom is -0.396 e. The van der Waals surface area contributed by atoms with Gasteiger partial charge in [0.15, 0.2) is 9.84 Å². The molecule has 4 N–H and O–H groups in total. The van der Waals surface area contributed by atoms with Crippen LogP contribution in [0.4, 0.5) is 0 Å². The molecule has 0 aliphatic carbocycles. The molecule has 0 bridgehead atoms. The maximum absolute atomic E-state index is 12.2. The van der Waals surface area contributed by atoms with Crippen LogP contribution in [0.25, 0.3) is 0 Å². The van der Waals surface area contributed by atoms with E-state index in [1.165, 1.54) is 0 Å². The number of hydrogen-bond acceptors (Lipinski definition) is 5. The zero-order chi connectivity index (χ0) is 22.1. The highest BCUT2D eigenvalue weighted by Gasteiger charge is 2.47. The number of fused-ring (bicyclic) bond motifs is 1. The zero-order valence-electron chi connectivity index (χ0n) is 17.7. The van der Waals surface area contributed by atoms with E-state index in [0.29, 0.717) is 23.4 Å². The molecule has 1 aliphatic heterocycles. The van der Waals surface area contributed by atoms with Gasteiger partial charge in [-0.15, -0.1) is 0 Å². The van der Waals surface area contributed by atoms with Gasteiger partial charge in [0.25, 0.3) is 0 Å². The van der Waals surface area contributed by atoms with Gasteiger partial charge in [0.2, 0.25) is 5.91 Å². The van der Waals surface area contributed by atoms with E-state index >= 15 is 0 Å². The third-order valence-electron chi connectivity index (χ3n) is 6.31. The second-order valence-corrected chi connectivity index (χ2v) is 10.4. The first kappa shape index (κ1) is 22.5. The number of nitrogens with one attached hydrogen (secondary N) is 1. The number of benzene rings is 2. The van der Waals surface area contributed by atoms with Crippen LogP contribution in [0.2, 0.25) is 0 Å². The number of aliphatic hydroxyl groups excluding tert-OH is 1. The maximum atomic E-state index is 12.2. The molecular formula is C23H30N2O4S. The number of aliphatic hydroxyl groups is 1. The van der Waals surface area contributed by atoms with Crippen LogP contribution in [0.5, 0.6) is 0 Å². The Labute approximate surface area is 178 Å². The van der Waals surface area contributed by atoms with Crippen LogP contribution in [-0.2, 0) is 21.9 Å². The Kier molecular flexibility index (Phi) is 6.36. The zero-order valence-corrected chi connectivity index (χ0v) is 18.5. The van der Waals surface area contributed by atoms with Crippen LogP contribution < -0.4 is 11.1 Å². The van der Waals surface area contributed by atoms with Gasteiger partial charge in [0, 0.05) is 24.6 Å². The van der Waals surface area contributed by atoms with Crippen molar-refractivity contribution in [2.75, 3.05) is 12.4 Å². The highest BCUT2D eigenvalue weighted by Crippen LogP contribution is 2.49. The lowest BCUT2D eigenvalue weighted by Gasteiger charge is -2.43. The molecule has 1 unspecified atom stereocenters. The SMILES string of the molecule is CCS(=O)(=O)c1ccc([C@H](CCO)C2(C(C)C)NCc3cc(C(N)=O)ccc32)cc1. The number of carbonyl (C=O) groups excluding carboxylic acids is 1. The van der Waals surface area contributed by atoms with Crippen LogP contribution in [0, 0.1) is 5.92 Å². The first-order valence-electron chi connectivity index (χ1n) is 10.3. The molecule has 0 fully saturated rings. The van der Waals surface area contributed by atoms with Crippen LogP contribution in [-0.4, -0.2) is 31.8 Å². The Morgan fingerprint density at radius 2 is 1.87 bits per heavy atom. The third kappa shape index (κ3) is 3.77. The van der Waals surface area contributed by atoms with Crippen LogP contribution in [0.3, 0.4) is 0 Å². The predicted octanol–water partition coefficient (Wildman–Crippen LogP) is 2.70. The molecule has 1 amide bonds. The monoisotopic (exact) mass is 430 g/mol. The summed E-state index contributed by atoms with van der Waals surface area (Å²) in [6.07, 6.45) is 0.516. The Balaban J connectivity index is 2.11. The summed E-state index contributed by atoms with van der Waals surface area (Å²) in [6, 6.07) is 12.5. The molecule has 2 aromatic carbocycles. The molecule has 0 saturated carbocycles. The molecule has 0 spiro atoms. The summed E-state index contributed by atoms with van der Waals surface area (Å²) in [5, 5.41) is 13.5. The summed E-state index contributed by atoms with van der Waals surface area (Å²) >= 11 is 0. The number of nitrogens with two attached hydrogens (primary N) is 1. The summed E-state index contributed by atoms with van der Waals surface area (Å²) in [7, 11) is -3.27. The van der Waals surface area contributed by atoms with Crippen molar-refractivity contribution in [3.8, 4) is 0 Å². The lowest BCUT2D eigenvalue weighted by Crippen LogP contribution is -2.47. The number of rotatable bonds is 8. The van der Waals surface area contributed by atoms with Gasteiger partial charge < -0.3 is 16.2 Å². The van der Waals surface area contributed by atoms with Gasteiger partial charge in [-0.1, -0.05) is 39.0 Å². The fourth-order valence-corrected chi connectivity index (χ4v) is 5.61. The molecule has 2 atom stereocenters. The van der Waals surface area contributed by atoms with Crippen molar-refractivity contribution in [2.24, 2.45) is 11.7 Å². The average Bonchev–Trinajstić information content (AvgIpc) is 3.12. The molecular weight excluding hydrogens is 400 g/mol. The fourth-order valence-electron chi connectivity index (χ4n) is 4.72. The molecule has 1 aliphatic rings. The van der Waals surface area contributed by atoms with Gasteiger partial charge in [0.05, 0.1) is 16.2 Å². The Morgan fingerprint density at radius 1 is 1.20 bits per heavy atom. The first-order valence-corrected chi connectivity index (χ1v) is 11.9. The number of amides is 1. The van der Waals surface area contributed by atoms with Gasteiger partial charge in [-0.3, -0.25) is 4.79 Å². The second kappa shape index (κ2) is 8.49. The highest BCUT2D eigenvalue weighted by molar-refractivity contribution is 7.91. The van der Waals surface area contributed by atoms with Crippen molar-refractivity contribution >= 4 is 15.7 Å². The largest absolute Gasteiger partial charge is 0.396 e. The van der Waals surface area contributed by atoms with E-state index in [1.54, 1.807) is 25.1 Å². The Morgan fingerprint density at radius 3 is 2.40 bits per heavy atom. The molecule has 30 heavy (non-hydrogen) atoms. The molecule has 162 valence electrons. The van der Waals surface area contributed by atoms with E-state index < -0.39 is 21.3 Å². The first-order chi connectivity index (χ1) is 14.2. The lowest BCUT2D eigenvalue weighted by molar-refractivity contribution is 0.1000. The summed E-state index contributed by atoms with van der Waals surface area (Å²) in [5.74, 6) is -0.311. The van der Waals surface area contributed by atoms with E-state index in [1.807, 2.05) is 24.3 Å². The van der Waals surface area contributed by atoms with Crippen molar-refractivity contribution in [3.63, 3.8) is 0 Å². The summed E-state index contributed by atoms with van der Waals surface area (Å²) in [6.45, 7) is 6.49. The summed E-state index contributed by atoms with van der Waals surface area (Å²) < 4.78 is 24.4. The van der Waals surface area contributed by atoms with E-state index in [0.717, 1.165) is 16.7 Å². The van der Waals surface area contributed by atoms with Gasteiger partial charge in [-0.05, 0) is 53.3 Å². The molecule has 7 heteroatoms. The number of sulfone groups is 1. The average molecular weight is 431 g/mol. The van der Waals surface area contributed by atoms with Crippen molar-refractivity contribution < 1.29 is 18.3 Å². The molecule has 0 saturated heterocycles. The van der Waals surface area contributed by atoms with E-state index in [2.05, 4.69) is 19.2 Å². The van der Waals surface area contributed by atoms with Crippen molar-refractivity contribution in [1.29, 1.82) is 0 Å². The van der Waals surface area contributed by atoms with E-state index in [9.17, 15) is 18.3 Å². The molecule has 2 aromatic rings. The van der Waals surface area contributed by atoms with Gasteiger partial charge >= 0.3 is 0 Å². The van der Waals surface area contributed by atoms with Crippen molar-refractivity contribution in [3.05, 3.63) is 64.7 Å². The molecule has 1 heterocycles.